The summed E-state index contributed by atoms with van der Waals surface area (Å²) >= 11 is 0. The first-order valence-electron chi connectivity index (χ1n) is 10.3. The second-order valence-electron chi connectivity index (χ2n) is 8.17. The van der Waals surface area contributed by atoms with Crippen molar-refractivity contribution < 1.29 is 19.2 Å². The van der Waals surface area contributed by atoms with E-state index in [1.54, 1.807) is 12.1 Å². The van der Waals surface area contributed by atoms with Crippen molar-refractivity contribution in [3.63, 3.8) is 0 Å². The van der Waals surface area contributed by atoms with Crippen LogP contribution >= 0.6 is 0 Å². The summed E-state index contributed by atoms with van der Waals surface area (Å²) in [6.45, 7) is 1.32. The van der Waals surface area contributed by atoms with E-state index in [1.807, 2.05) is 6.07 Å². The van der Waals surface area contributed by atoms with Crippen LogP contribution in [0.1, 0.15) is 64.8 Å². The second-order valence-corrected chi connectivity index (χ2v) is 8.17. The quantitative estimate of drug-likeness (QED) is 0.628. The van der Waals surface area contributed by atoms with Crippen molar-refractivity contribution >= 4 is 23.6 Å². The van der Waals surface area contributed by atoms with Crippen LogP contribution in [0.25, 0.3) is 0 Å². The van der Waals surface area contributed by atoms with Crippen molar-refractivity contribution in [3.8, 4) is 0 Å². The molecule has 29 heavy (non-hydrogen) atoms. The number of hydrogen-bond donors (Lipinski definition) is 3. The third kappa shape index (κ3) is 3.82. The molecule has 154 valence electrons. The van der Waals surface area contributed by atoms with Crippen LogP contribution in [0.15, 0.2) is 18.2 Å². The molecule has 3 atom stereocenters. The number of amides is 4. The van der Waals surface area contributed by atoms with E-state index in [2.05, 4.69) is 10.6 Å². The Morgan fingerprint density at radius 1 is 1.07 bits per heavy atom. The Morgan fingerprint density at radius 3 is 2.62 bits per heavy atom. The number of rotatable bonds is 5. The van der Waals surface area contributed by atoms with Gasteiger partial charge >= 0.3 is 0 Å². The summed E-state index contributed by atoms with van der Waals surface area (Å²) in [5.41, 5.74) is 7.36. The lowest BCUT2D eigenvalue weighted by atomic mass is 9.86. The topological polar surface area (TPSA) is 122 Å². The smallest absolute Gasteiger partial charge is 0.262 e. The normalized spacial score (nSPS) is 27.2. The van der Waals surface area contributed by atoms with Crippen molar-refractivity contribution in [1.29, 1.82) is 0 Å². The monoisotopic (exact) mass is 398 g/mol. The molecule has 2 fully saturated rings. The molecule has 4 amide bonds. The standard InChI is InChI=1S/C21H26N4O4/c22-10-12-2-1-3-14(8-12)23-11-13-4-5-15-16(9-13)21(29)25(20(15)28)17-6-7-18(26)24-19(17)27/h4-5,9,12,14,17,23H,1-3,6-8,10-11,22H2,(H,24,26,27). The number of fused-ring (bicyclic) bond motifs is 1. The molecule has 3 aliphatic rings. The molecule has 4 N–H and O–H groups in total. The van der Waals surface area contributed by atoms with Gasteiger partial charge in [-0.3, -0.25) is 29.4 Å². The molecule has 1 aromatic rings. The van der Waals surface area contributed by atoms with Crippen LogP contribution in [0.5, 0.6) is 0 Å². The summed E-state index contributed by atoms with van der Waals surface area (Å²) in [5, 5.41) is 5.75. The zero-order valence-electron chi connectivity index (χ0n) is 16.3. The minimum absolute atomic E-state index is 0.115. The van der Waals surface area contributed by atoms with E-state index < -0.39 is 23.8 Å². The lowest BCUT2D eigenvalue weighted by Crippen LogP contribution is -2.54. The van der Waals surface area contributed by atoms with E-state index in [-0.39, 0.29) is 18.7 Å². The van der Waals surface area contributed by atoms with Crippen molar-refractivity contribution in [2.45, 2.75) is 57.2 Å². The molecule has 1 aliphatic carbocycles. The number of piperidine rings is 1. The Morgan fingerprint density at radius 2 is 1.86 bits per heavy atom. The minimum atomic E-state index is -0.933. The van der Waals surface area contributed by atoms with Gasteiger partial charge in [0.2, 0.25) is 11.8 Å². The van der Waals surface area contributed by atoms with Crippen LogP contribution < -0.4 is 16.4 Å². The number of hydrogen-bond acceptors (Lipinski definition) is 6. The van der Waals surface area contributed by atoms with Crippen LogP contribution in [0, 0.1) is 5.92 Å². The van der Waals surface area contributed by atoms with Crippen LogP contribution in [-0.4, -0.2) is 47.2 Å². The highest BCUT2D eigenvalue weighted by atomic mass is 16.2. The van der Waals surface area contributed by atoms with Crippen molar-refractivity contribution in [3.05, 3.63) is 34.9 Å². The van der Waals surface area contributed by atoms with E-state index in [0.29, 0.717) is 36.2 Å². The van der Waals surface area contributed by atoms with Gasteiger partial charge in [0.05, 0.1) is 11.1 Å². The highest BCUT2D eigenvalue weighted by molar-refractivity contribution is 6.23. The fourth-order valence-corrected chi connectivity index (χ4v) is 4.58. The molecule has 0 aromatic heterocycles. The summed E-state index contributed by atoms with van der Waals surface area (Å²) in [7, 11) is 0. The molecule has 2 aliphatic heterocycles. The average Bonchev–Trinajstić information content (AvgIpc) is 2.97. The molecule has 4 rings (SSSR count). The molecular formula is C21H26N4O4. The molecule has 0 spiro atoms. The van der Waals surface area contributed by atoms with Gasteiger partial charge in [-0.1, -0.05) is 12.5 Å². The van der Waals surface area contributed by atoms with Gasteiger partial charge in [0.25, 0.3) is 11.8 Å². The van der Waals surface area contributed by atoms with E-state index in [4.69, 9.17) is 5.73 Å². The zero-order chi connectivity index (χ0) is 20.5. The van der Waals surface area contributed by atoms with Crippen LogP contribution in [0.2, 0.25) is 0 Å². The number of imide groups is 2. The third-order valence-electron chi connectivity index (χ3n) is 6.22. The van der Waals surface area contributed by atoms with Crippen molar-refractivity contribution in [2.24, 2.45) is 11.7 Å². The molecule has 0 radical (unpaired) electrons. The predicted octanol–water partition coefficient (Wildman–Crippen LogP) is 0.695. The summed E-state index contributed by atoms with van der Waals surface area (Å²) in [6, 6.07) is 4.70. The molecule has 0 bridgehead atoms. The van der Waals surface area contributed by atoms with Crippen LogP contribution in [0.4, 0.5) is 0 Å². The zero-order valence-corrected chi connectivity index (χ0v) is 16.3. The molecule has 3 unspecified atom stereocenters. The number of carbonyl (C=O) groups is 4. The highest BCUT2D eigenvalue weighted by Gasteiger charge is 2.44. The van der Waals surface area contributed by atoms with E-state index >= 15 is 0 Å². The summed E-state index contributed by atoms with van der Waals surface area (Å²) in [4.78, 5) is 50.1. The first-order chi connectivity index (χ1) is 14.0. The van der Waals surface area contributed by atoms with Gasteiger partial charge in [0.15, 0.2) is 0 Å². The summed E-state index contributed by atoms with van der Waals surface area (Å²) < 4.78 is 0. The van der Waals surface area contributed by atoms with Crippen LogP contribution in [-0.2, 0) is 16.1 Å². The fraction of sp³-hybridized carbons (Fsp3) is 0.524. The number of benzene rings is 1. The van der Waals surface area contributed by atoms with Gasteiger partial charge in [-0.2, -0.15) is 0 Å². The third-order valence-corrected chi connectivity index (χ3v) is 6.22. The van der Waals surface area contributed by atoms with E-state index in [9.17, 15) is 19.2 Å². The molecule has 8 heteroatoms. The first-order valence-corrected chi connectivity index (χ1v) is 10.3. The fourth-order valence-electron chi connectivity index (χ4n) is 4.58. The van der Waals surface area contributed by atoms with E-state index in [0.717, 1.165) is 29.7 Å². The van der Waals surface area contributed by atoms with E-state index in [1.165, 1.54) is 6.42 Å². The maximum Gasteiger partial charge on any atom is 0.262 e. The molecule has 1 aromatic carbocycles. The van der Waals surface area contributed by atoms with Gasteiger partial charge in [-0.05, 0) is 55.8 Å². The molecule has 1 saturated heterocycles. The van der Waals surface area contributed by atoms with Gasteiger partial charge in [0.1, 0.15) is 6.04 Å². The Balaban J connectivity index is 1.46. The number of nitrogens with one attached hydrogen (secondary N) is 2. The number of nitrogens with zero attached hydrogens (tertiary/aromatic N) is 1. The largest absolute Gasteiger partial charge is 0.330 e. The Labute approximate surface area is 169 Å². The second kappa shape index (κ2) is 8.04. The van der Waals surface area contributed by atoms with Gasteiger partial charge in [0, 0.05) is 19.0 Å². The van der Waals surface area contributed by atoms with Gasteiger partial charge in [-0.25, -0.2) is 0 Å². The van der Waals surface area contributed by atoms with Gasteiger partial charge in [-0.15, -0.1) is 0 Å². The SMILES string of the molecule is NCC1CCCC(NCc2ccc3c(c2)C(=O)N(C2CCC(=O)NC2=O)C3=O)C1. The number of carbonyl (C=O) groups excluding carboxylic acids is 4. The van der Waals surface area contributed by atoms with Crippen molar-refractivity contribution in [2.75, 3.05) is 6.54 Å². The summed E-state index contributed by atoms with van der Waals surface area (Å²) in [5.74, 6) is -1.36. The lowest BCUT2D eigenvalue weighted by Gasteiger charge is -2.29. The Kier molecular flexibility index (Phi) is 5.47. The minimum Gasteiger partial charge on any atom is -0.330 e. The Bertz CT molecular complexity index is 868. The summed E-state index contributed by atoms with van der Waals surface area (Å²) in [6.07, 6.45) is 4.79. The first kappa shape index (κ1) is 19.7. The van der Waals surface area contributed by atoms with Crippen molar-refractivity contribution in [1.82, 2.24) is 15.5 Å². The number of nitrogens with two attached hydrogens (primary N) is 1. The maximum atomic E-state index is 12.9. The predicted molar refractivity (Wildman–Crippen MR) is 105 cm³/mol. The molecule has 1 saturated carbocycles. The molecular weight excluding hydrogens is 372 g/mol. The molecule has 2 heterocycles. The van der Waals surface area contributed by atoms with Crippen LogP contribution in [0.3, 0.4) is 0 Å². The lowest BCUT2D eigenvalue weighted by molar-refractivity contribution is -0.136. The molecule has 8 nitrogen and oxygen atoms in total. The van der Waals surface area contributed by atoms with Gasteiger partial charge < -0.3 is 11.1 Å². The average molecular weight is 398 g/mol. The highest BCUT2D eigenvalue weighted by Crippen LogP contribution is 2.29. The maximum absolute atomic E-state index is 12.9. The Hall–Kier alpha value is -2.58.